The molecule has 0 aromatic carbocycles. The number of imidazole rings is 1. The molecule has 0 saturated heterocycles. The second kappa shape index (κ2) is 3.92. The summed E-state index contributed by atoms with van der Waals surface area (Å²) < 4.78 is 1.24. The summed E-state index contributed by atoms with van der Waals surface area (Å²) in [6.07, 6.45) is 2.15. The summed E-state index contributed by atoms with van der Waals surface area (Å²) in [5.41, 5.74) is 1.98. The topological polar surface area (TPSA) is 68.0 Å². The van der Waals surface area contributed by atoms with Crippen LogP contribution in [0, 0.1) is 6.92 Å². The van der Waals surface area contributed by atoms with E-state index in [4.69, 9.17) is 0 Å². The van der Waals surface area contributed by atoms with E-state index >= 15 is 0 Å². The van der Waals surface area contributed by atoms with Gasteiger partial charge in [0.1, 0.15) is 11.3 Å². The predicted molar refractivity (Wildman–Crippen MR) is 59.7 cm³/mol. The molecule has 0 radical (unpaired) electrons. The maximum absolute atomic E-state index is 11.2. The molecule has 0 aliphatic rings. The maximum atomic E-state index is 11.2. The Morgan fingerprint density at radius 3 is 2.94 bits per heavy atom. The van der Waals surface area contributed by atoms with Gasteiger partial charge in [-0.1, -0.05) is 6.92 Å². The fourth-order valence-electron chi connectivity index (χ4n) is 1.79. The fraction of sp³-hybridized carbons (Fsp3) is 0.364. The Morgan fingerprint density at radius 2 is 2.31 bits per heavy atom. The van der Waals surface area contributed by atoms with Crippen LogP contribution >= 0.6 is 0 Å². The van der Waals surface area contributed by atoms with Gasteiger partial charge in [0.05, 0.1) is 0 Å². The quantitative estimate of drug-likeness (QED) is 0.840. The van der Waals surface area contributed by atoms with Gasteiger partial charge in [-0.3, -0.25) is 0 Å². The van der Waals surface area contributed by atoms with Gasteiger partial charge in [-0.15, -0.1) is 0 Å². The number of hydrogen-bond donors (Lipinski definition) is 1. The normalized spacial score (nSPS) is 10.9. The third-order valence-corrected chi connectivity index (χ3v) is 2.49. The van der Waals surface area contributed by atoms with Crippen molar-refractivity contribution in [3.63, 3.8) is 0 Å². The van der Waals surface area contributed by atoms with E-state index in [1.807, 2.05) is 13.8 Å². The van der Waals surface area contributed by atoms with E-state index in [1.165, 1.54) is 4.57 Å². The van der Waals surface area contributed by atoms with E-state index in [2.05, 4.69) is 9.97 Å². The summed E-state index contributed by atoms with van der Waals surface area (Å²) in [5, 5.41) is 9.20. The van der Waals surface area contributed by atoms with Crippen molar-refractivity contribution in [1.29, 1.82) is 0 Å². The molecule has 0 bridgehead atoms. The van der Waals surface area contributed by atoms with Gasteiger partial charge in [0.15, 0.2) is 5.65 Å². The zero-order valence-corrected chi connectivity index (χ0v) is 9.27. The van der Waals surface area contributed by atoms with Crippen LogP contribution in [0.3, 0.4) is 0 Å². The number of carboxylic acid groups (broad SMARTS) is 1. The SMILES string of the molecule is CCCc1nc2nccc(C)c2n1C(=O)O. The highest BCUT2D eigenvalue weighted by Crippen LogP contribution is 2.18. The largest absolute Gasteiger partial charge is 0.464 e. The Labute approximate surface area is 92.8 Å². The predicted octanol–water partition coefficient (Wildman–Crippen LogP) is 2.22. The Balaban J connectivity index is 2.77. The second-order valence-electron chi connectivity index (χ2n) is 3.70. The van der Waals surface area contributed by atoms with E-state index in [0.717, 1.165) is 12.0 Å². The minimum absolute atomic E-state index is 0.505. The van der Waals surface area contributed by atoms with E-state index < -0.39 is 6.09 Å². The highest BCUT2D eigenvalue weighted by molar-refractivity contribution is 5.86. The lowest BCUT2D eigenvalue weighted by Gasteiger charge is -2.02. The minimum atomic E-state index is -0.998. The average molecular weight is 219 g/mol. The Bertz CT molecular complexity index is 545. The molecule has 16 heavy (non-hydrogen) atoms. The first-order chi connectivity index (χ1) is 7.65. The van der Waals surface area contributed by atoms with Crippen molar-refractivity contribution in [2.24, 2.45) is 0 Å². The molecule has 5 nitrogen and oxygen atoms in total. The molecule has 5 heteroatoms. The molecule has 0 aliphatic carbocycles. The molecule has 2 aromatic rings. The van der Waals surface area contributed by atoms with Crippen LogP contribution in [0.5, 0.6) is 0 Å². The van der Waals surface area contributed by atoms with Crippen molar-refractivity contribution in [2.45, 2.75) is 26.7 Å². The van der Waals surface area contributed by atoms with Crippen molar-refractivity contribution < 1.29 is 9.90 Å². The van der Waals surface area contributed by atoms with Crippen LogP contribution in [0.4, 0.5) is 4.79 Å². The van der Waals surface area contributed by atoms with Crippen molar-refractivity contribution in [3.8, 4) is 0 Å². The Morgan fingerprint density at radius 1 is 1.56 bits per heavy atom. The number of rotatable bonds is 2. The standard InChI is InChI=1S/C11H13N3O2/c1-3-4-8-13-10-9(14(8)11(15)16)7(2)5-6-12-10/h5-6H,3-4H2,1-2H3,(H,15,16). The summed E-state index contributed by atoms with van der Waals surface area (Å²) in [6, 6.07) is 1.79. The maximum Gasteiger partial charge on any atom is 0.417 e. The zero-order valence-electron chi connectivity index (χ0n) is 9.27. The number of aromatic nitrogens is 3. The van der Waals surface area contributed by atoms with Gasteiger partial charge in [0.2, 0.25) is 0 Å². The molecule has 0 unspecified atom stereocenters. The highest BCUT2D eigenvalue weighted by atomic mass is 16.4. The van der Waals surface area contributed by atoms with Crippen LogP contribution in [0.1, 0.15) is 24.7 Å². The molecular weight excluding hydrogens is 206 g/mol. The minimum Gasteiger partial charge on any atom is -0.464 e. The van der Waals surface area contributed by atoms with Crippen LogP contribution in [0.2, 0.25) is 0 Å². The summed E-state index contributed by atoms with van der Waals surface area (Å²) in [5.74, 6) is 0.562. The monoisotopic (exact) mass is 219 g/mol. The summed E-state index contributed by atoms with van der Waals surface area (Å²) in [7, 11) is 0. The van der Waals surface area contributed by atoms with Crippen molar-refractivity contribution in [3.05, 3.63) is 23.7 Å². The smallest absolute Gasteiger partial charge is 0.417 e. The van der Waals surface area contributed by atoms with E-state index in [9.17, 15) is 9.90 Å². The second-order valence-corrected chi connectivity index (χ2v) is 3.70. The van der Waals surface area contributed by atoms with Gasteiger partial charge < -0.3 is 5.11 Å². The van der Waals surface area contributed by atoms with Gasteiger partial charge in [-0.2, -0.15) is 0 Å². The molecule has 0 amide bonds. The highest BCUT2D eigenvalue weighted by Gasteiger charge is 2.17. The lowest BCUT2D eigenvalue weighted by atomic mass is 10.2. The number of fused-ring (bicyclic) bond motifs is 1. The van der Waals surface area contributed by atoms with Crippen LogP contribution in [0.25, 0.3) is 11.2 Å². The summed E-state index contributed by atoms with van der Waals surface area (Å²) in [6.45, 7) is 3.85. The Hall–Kier alpha value is -1.91. The van der Waals surface area contributed by atoms with Gasteiger partial charge in [-0.05, 0) is 25.0 Å². The van der Waals surface area contributed by atoms with Crippen molar-refractivity contribution in [1.82, 2.24) is 14.5 Å². The number of carbonyl (C=O) groups is 1. The molecule has 2 heterocycles. The molecular formula is C11H13N3O2. The number of hydrogen-bond acceptors (Lipinski definition) is 3. The molecule has 2 aromatic heterocycles. The zero-order chi connectivity index (χ0) is 11.7. The third-order valence-electron chi connectivity index (χ3n) is 2.49. The Kier molecular flexibility index (Phi) is 2.60. The molecule has 2 rings (SSSR count). The fourth-order valence-corrected chi connectivity index (χ4v) is 1.79. The first kappa shape index (κ1) is 10.6. The molecule has 84 valence electrons. The number of nitrogens with zero attached hydrogens (tertiary/aromatic N) is 3. The van der Waals surface area contributed by atoms with Crippen molar-refractivity contribution in [2.75, 3.05) is 0 Å². The van der Waals surface area contributed by atoms with Gasteiger partial charge in [-0.25, -0.2) is 19.3 Å². The molecule has 0 aliphatic heterocycles. The third kappa shape index (κ3) is 1.54. The number of pyridine rings is 1. The number of aryl methyl sites for hydroxylation is 2. The van der Waals surface area contributed by atoms with E-state index in [-0.39, 0.29) is 0 Å². The van der Waals surface area contributed by atoms with Gasteiger partial charge in [0.25, 0.3) is 0 Å². The lowest BCUT2D eigenvalue weighted by molar-refractivity contribution is 0.196. The first-order valence-corrected chi connectivity index (χ1v) is 5.21. The van der Waals surface area contributed by atoms with Gasteiger partial charge in [0, 0.05) is 12.6 Å². The van der Waals surface area contributed by atoms with Gasteiger partial charge >= 0.3 is 6.09 Å². The summed E-state index contributed by atoms with van der Waals surface area (Å²) in [4.78, 5) is 19.6. The van der Waals surface area contributed by atoms with E-state index in [0.29, 0.717) is 23.4 Å². The molecule has 0 spiro atoms. The molecule has 0 atom stereocenters. The van der Waals surface area contributed by atoms with Crippen molar-refractivity contribution >= 4 is 17.3 Å². The van der Waals surface area contributed by atoms with Crippen LogP contribution < -0.4 is 0 Å². The molecule has 1 N–H and O–H groups in total. The van der Waals surface area contributed by atoms with E-state index in [1.54, 1.807) is 12.3 Å². The lowest BCUT2D eigenvalue weighted by Crippen LogP contribution is -2.12. The average Bonchev–Trinajstić information content (AvgIpc) is 2.58. The summed E-state index contributed by atoms with van der Waals surface area (Å²) >= 11 is 0. The molecule has 0 saturated carbocycles. The first-order valence-electron chi connectivity index (χ1n) is 5.21. The molecule has 0 fully saturated rings. The van der Waals surface area contributed by atoms with Crippen LogP contribution in [0.15, 0.2) is 12.3 Å². The van der Waals surface area contributed by atoms with Crippen LogP contribution in [-0.4, -0.2) is 25.7 Å². The van der Waals surface area contributed by atoms with Crippen LogP contribution in [-0.2, 0) is 6.42 Å².